The summed E-state index contributed by atoms with van der Waals surface area (Å²) in [7, 11) is 1.56. The number of carbonyl (C=O) groups is 2. The molecule has 4 rings (SSSR count). The molecule has 2 heterocycles. The van der Waals surface area contributed by atoms with Crippen molar-refractivity contribution in [2.24, 2.45) is 5.41 Å². The van der Waals surface area contributed by atoms with Gasteiger partial charge >= 0.3 is 0 Å². The molecule has 1 aliphatic heterocycles. The SMILES string of the molecule is COc1cc(C(=O)N[C@@H](C)C(=O)N2CCC3(CC2)CC3)cnc1-c1ccccc1. The lowest BCUT2D eigenvalue weighted by Crippen LogP contribution is -2.49. The average molecular weight is 393 g/mol. The minimum absolute atomic E-state index is 0.0188. The molecular weight excluding hydrogens is 366 g/mol. The van der Waals surface area contributed by atoms with Gasteiger partial charge in [-0.25, -0.2) is 0 Å². The number of nitrogens with one attached hydrogen (secondary N) is 1. The molecular formula is C23H27N3O3. The van der Waals surface area contributed by atoms with Gasteiger partial charge in [-0.2, -0.15) is 0 Å². The van der Waals surface area contributed by atoms with Gasteiger partial charge in [0, 0.05) is 24.8 Å². The first kappa shape index (κ1) is 19.4. The Labute approximate surface area is 171 Å². The molecule has 1 atom stereocenters. The molecule has 2 aliphatic rings. The van der Waals surface area contributed by atoms with Crippen molar-refractivity contribution in [1.29, 1.82) is 0 Å². The fourth-order valence-corrected chi connectivity index (χ4v) is 4.03. The van der Waals surface area contributed by atoms with E-state index in [1.807, 2.05) is 35.2 Å². The van der Waals surface area contributed by atoms with E-state index in [2.05, 4.69) is 10.3 Å². The number of pyridine rings is 1. The van der Waals surface area contributed by atoms with Gasteiger partial charge in [0.1, 0.15) is 17.5 Å². The van der Waals surface area contributed by atoms with Crippen LogP contribution in [0.3, 0.4) is 0 Å². The Morgan fingerprint density at radius 1 is 1.14 bits per heavy atom. The van der Waals surface area contributed by atoms with Crippen LogP contribution in [-0.4, -0.2) is 47.9 Å². The fraction of sp³-hybridized carbons (Fsp3) is 0.435. The lowest BCUT2D eigenvalue weighted by atomic mass is 9.93. The molecule has 1 N–H and O–H groups in total. The van der Waals surface area contributed by atoms with Crippen LogP contribution in [0.2, 0.25) is 0 Å². The minimum atomic E-state index is -0.574. The highest BCUT2D eigenvalue weighted by Crippen LogP contribution is 2.53. The average Bonchev–Trinajstić information content (AvgIpc) is 3.52. The minimum Gasteiger partial charge on any atom is -0.494 e. The Bertz CT molecular complexity index is 899. The van der Waals surface area contributed by atoms with Gasteiger partial charge < -0.3 is 15.0 Å². The van der Waals surface area contributed by atoms with Crippen molar-refractivity contribution >= 4 is 11.8 Å². The fourth-order valence-electron chi connectivity index (χ4n) is 4.03. The molecule has 6 nitrogen and oxygen atoms in total. The van der Waals surface area contributed by atoms with Crippen molar-refractivity contribution in [2.45, 2.75) is 38.6 Å². The van der Waals surface area contributed by atoms with Crippen molar-refractivity contribution in [1.82, 2.24) is 15.2 Å². The lowest BCUT2D eigenvalue weighted by molar-refractivity contribution is -0.134. The lowest BCUT2D eigenvalue weighted by Gasteiger charge is -2.33. The van der Waals surface area contributed by atoms with Gasteiger partial charge in [-0.05, 0) is 44.1 Å². The highest BCUT2D eigenvalue weighted by Gasteiger charge is 2.45. The largest absolute Gasteiger partial charge is 0.494 e. The van der Waals surface area contributed by atoms with Crippen molar-refractivity contribution in [3.05, 3.63) is 48.2 Å². The molecule has 0 unspecified atom stereocenters. The van der Waals surface area contributed by atoms with E-state index < -0.39 is 6.04 Å². The Kier molecular flexibility index (Phi) is 5.26. The van der Waals surface area contributed by atoms with Crippen LogP contribution < -0.4 is 10.1 Å². The Morgan fingerprint density at radius 2 is 1.83 bits per heavy atom. The number of hydrogen-bond acceptors (Lipinski definition) is 4. The van der Waals surface area contributed by atoms with Crippen LogP contribution in [0.25, 0.3) is 11.3 Å². The molecule has 1 saturated heterocycles. The first-order valence-corrected chi connectivity index (χ1v) is 10.2. The van der Waals surface area contributed by atoms with Gasteiger partial charge in [0.15, 0.2) is 0 Å². The summed E-state index contributed by atoms with van der Waals surface area (Å²) in [4.78, 5) is 31.7. The van der Waals surface area contributed by atoms with E-state index in [-0.39, 0.29) is 11.8 Å². The smallest absolute Gasteiger partial charge is 0.253 e. The van der Waals surface area contributed by atoms with Crippen molar-refractivity contribution in [3.63, 3.8) is 0 Å². The monoisotopic (exact) mass is 393 g/mol. The van der Waals surface area contributed by atoms with E-state index in [9.17, 15) is 9.59 Å². The zero-order chi connectivity index (χ0) is 20.4. The maximum atomic E-state index is 12.7. The number of carbonyl (C=O) groups excluding carboxylic acids is 2. The summed E-state index contributed by atoms with van der Waals surface area (Å²) in [5, 5.41) is 2.81. The highest BCUT2D eigenvalue weighted by molar-refractivity contribution is 5.98. The summed E-state index contributed by atoms with van der Waals surface area (Å²) in [5.74, 6) is 0.176. The summed E-state index contributed by atoms with van der Waals surface area (Å²) >= 11 is 0. The van der Waals surface area contributed by atoms with Crippen molar-refractivity contribution < 1.29 is 14.3 Å². The van der Waals surface area contributed by atoms with Crippen LogP contribution >= 0.6 is 0 Å². The van der Waals surface area contributed by atoms with E-state index in [0.29, 0.717) is 22.4 Å². The number of ether oxygens (including phenoxy) is 1. The van der Waals surface area contributed by atoms with Gasteiger partial charge in [-0.3, -0.25) is 14.6 Å². The molecule has 2 aromatic rings. The third-order valence-electron chi connectivity index (χ3n) is 6.19. The van der Waals surface area contributed by atoms with Crippen LogP contribution in [-0.2, 0) is 4.79 Å². The molecule has 6 heteroatoms. The van der Waals surface area contributed by atoms with E-state index in [0.717, 1.165) is 31.5 Å². The van der Waals surface area contributed by atoms with Crippen LogP contribution in [0.1, 0.15) is 43.0 Å². The number of aromatic nitrogens is 1. The first-order chi connectivity index (χ1) is 14.0. The second-order valence-corrected chi connectivity index (χ2v) is 8.16. The van der Waals surface area contributed by atoms with Gasteiger partial charge in [0.2, 0.25) is 5.91 Å². The summed E-state index contributed by atoms with van der Waals surface area (Å²) in [6.45, 7) is 3.32. The molecule has 1 spiro atoms. The molecule has 29 heavy (non-hydrogen) atoms. The zero-order valence-electron chi connectivity index (χ0n) is 17.0. The molecule has 1 aromatic carbocycles. The molecule has 2 fully saturated rings. The Hall–Kier alpha value is -2.89. The van der Waals surface area contributed by atoms with Gasteiger partial charge in [0.05, 0.1) is 12.7 Å². The number of piperidine rings is 1. The van der Waals surface area contributed by atoms with Crippen molar-refractivity contribution in [3.8, 4) is 17.0 Å². The molecule has 1 saturated carbocycles. The summed E-state index contributed by atoms with van der Waals surface area (Å²) in [6, 6.07) is 10.8. The third kappa shape index (κ3) is 4.11. The number of rotatable bonds is 5. The Morgan fingerprint density at radius 3 is 2.45 bits per heavy atom. The van der Waals surface area contributed by atoms with Crippen LogP contribution in [0.4, 0.5) is 0 Å². The second kappa shape index (κ2) is 7.85. The van der Waals surface area contributed by atoms with E-state index in [4.69, 9.17) is 4.74 Å². The number of methoxy groups -OCH3 is 1. The molecule has 0 radical (unpaired) electrons. The van der Waals surface area contributed by atoms with Crippen LogP contribution in [0, 0.1) is 5.41 Å². The number of benzene rings is 1. The first-order valence-electron chi connectivity index (χ1n) is 10.2. The summed E-state index contributed by atoms with van der Waals surface area (Å²) in [6.07, 6.45) is 6.29. The maximum absolute atomic E-state index is 12.7. The quantitative estimate of drug-likeness (QED) is 0.846. The van der Waals surface area contributed by atoms with E-state index >= 15 is 0 Å². The molecule has 2 amide bonds. The number of likely N-dealkylation sites (tertiary alicyclic amines) is 1. The molecule has 1 aliphatic carbocycles. The van der Waals surface area contributed by atoms with E-state index in [1.165, 1.54) is 19.0 Å². The number of nitrogens with zero attached hydrogens (tertiary/aromatic N) is 2. The van der Waals surface area contributed by atoms with Crippen LogP contribution in [0.5, 0.6) is 5.75 Å². The second-order valence-electron chi connectivity index (χ2n) is 8.16. The summed E-state index contributed by atoms with van der Waals surface area (Å²) in [5.41, 5.74) is 2.48. The predicted octanol–water partition coefficient (Wildman–Crippen LogP) is 3.28. The number of hydrogen-bond donors (Lipinski definition) is 1. The van der Waals surface area contributed by atoms with Gasteiger partial charge in [-0.15, -0.1) is 0 Å². The topological polar surface area (TPSA) is 71.5 Å². The standard InChI is InChI=1S/C23H27N3O3/c1-16(22(28)26-12-10-23(8-9-23)11-13-26)25-21(27)18-14-19(29-2)20(24-15-18)17-6-4-3-5-7-17/h3-7,14-16H,8-13H2,1-2H3,(H,25,27)/t16-/m0/s1. The highest BCUT2D eigenvalue weighted by atomic mass is 16.5. The maximum Gasteiger partial charge on any atom is 0.253 e. The van der Waals surface area contributed by atoms with Crippen molar-refractivity contribution in [2.75, 3.05) is 20.2 Å². The summed E-state index contributed by atoms with van der Waals surface area (Å²) < 4.78 is 5.45. The normalized spacial score (nSPS) is 18.2. The molecule has 152 valence electrons. The van der Waals surface area contributed by atoms with Gasteiger partial charge in [-0.1, -0.05) is 30.3 Å². The van der Waals surface area contributed by atoms with Gasteiger partial charge in [0.25, 0.3) is 5.91 Å². The zero-order valence-corrected chi connectivity index (χ0v) is 17.0. The molecule has 0 bridgehead atoms. The predicted molar refractivity (Wildman–Crippen MR) is 111 cm³/mol. The third-order valence-corrected chi connectivity index (χ3v) is 6.19. The van der Waals surface area contributed by atoms with E-state index in [1.54, 1.807) is 20.1 Å². The van der Waals surface area contributed by atoms with Crippen LogP contribution in [0.15, 0.2) is 42.6 Å². The number of amides is 2. The molecule has 1 aromatic heterocycles. The Balaban J connectivity index is 1.41.